The zero-order valence-corrected chi connectivity index (χ0v) is 12.3. The molecule has 1 aromatic rings. The number of nitrogens with one attached hydrogen (secondary N) is 1. The maximum atomic E-state index is 11.1. The van der Waals surface area contributed by atoms with E-state index in [4.69, 9.17) is 15.9 Å². The van der Waals surface area contributed by atoms with E-state index in [2.05, 4.69) is 0 Å². The van der Waals surface area contributed by atoms with Crippen LogP contribution in [0.25, 0.3) is 0 Å². The molecule has 20 heavy (non-hydrogen) atoms. The summed E-state index contributed by atoms with van der Waals surface area (Å²) in [4.78, 5) is 10.6. The van der Waals surface area contributed by atoms with Crippen molar-refractivity contribution in [2.45, 2.75) is 34.1 Å². The van der Waals surface area contributed by atoms with Crippen molar-refractivity contribution in [1.82, 2.24) is 0 Å². The Bertz CT molecular complexity index is 539. The maximum Gasteiger partial charge on any atom is 0.311 e. The topological polar surface area (TPSA) is 102 Å². The fourth-order valence-corrected chi connectivity index (χ4v) is 1.80. The van der Waals surface area contributed by atoms with Crippen LogP contribution in [-0.4, -0.2) is 17.4 Å². The van der Waals surface area contributed by atoms with Crippen LogP contribution in [0.4, 0.5) is 5.69 Å². The summed E-state index contributed by atoms with van der Waals surface area (Å²) in [6, 6.07) is 3.34. The van der Waals surface area contributed by atoms with Crippen molar-refractivity contribution < 1.29 is 9.66 Å². The fraction of sp³-hybridized carbons (Fsp3) is 0.500. The molecule has 0 aliphatic heterocycles. The summed E-state index contributed by atoms with van der Waals surface area (Å²) in [6.07, 6.45) is 0.521. The van der Waals surface area contributed by atoms with Crippen LogP contribution in [0.1, 0.15) is 31.4 Å². The van der Waals surface area contributed by atoms with Gasteiger partial charge in [-0.25, -0.2) is 0 Å². The highest BCUT2D eigenvalue weighted by atomic mass is 16.6. The molecule has 1 rings (SSSR count). The molecule has 0 bridgehead atoms. The summed E-state index contributed by atoms with van der Waals surface area (Å²) in [5.74, 6) is 0.371. The van der Waals surface area contributed by atoms with E-state index in [0.29, 0.717) is 12.2 Å². The van der Waals surface area contributed by atoms with E-state index in [1.165, 1.54) is 6.07 Å². The molecule has 0 fully saturated rings. The lowest BCUT2D eigenvalue weighted by Gasteiger charge is -2.22. The number of benzene rings is 1. The first-order chi connectivity index (χ1) is 9.15. The van der Waals surface area contributed by atoms with Gasteiger partial charge in [-0.1, -0.05) is 19.9 Å². The van der Waals surface area contributed by atoms with Gasteiger partial charge in [0.1, 0.15) is 0 Å². The third-order valence-electron chi connectivity index (χ3n) is 3.30. The molecule has 6 heteroatoms. The van der Waals surface area contributed by atoms with Gasteiger partial charge in [0.2, 0.25) is 0 Å². The molecule has 0 atom stereocenters. The van der Waals surface area contributed by atoms with Gasteiger partial charge in [0.25, 0.3) is 0 Å². The van der Waals surface area contributed by atoms with E-state index >= 15 is 0 Å². The molecule has 3 N–H and O–H groups in total. The summed E-state index contributed by atoms with van der Waals surface area (Å²) in [5, 5.41) is 18.5. The number of nitrogens with zero attached hydrogens (tertiary/aromatic N) is 1. The maximum absolute atomic E-state index is 11.1. The fourth-order valence-electron chi connectivity index (χ4n) is 1.80. The number of nitro benzene ring substituents is 1. The minimum Gasteiger partial charge on any atom is -0.487 e. The summed E-state index contributed by atoms with van der Waals surface area (Å²) in [6.45, 7) is 7.55. The Morgan fingerprint density at radius 2 is 2.05 bits per heavy atom. The zero-order chi connectivity index (χ0) is 15.5. The standard InChI is InChI=1S/C14H21N3O3/c1-9-7-10(2)12(11(8-9)17(18)19)20-6-5-14(3,4)13(15)16/h7-8H,5-6H2,1-4H3,(H3,15,16). The number of aryl methyl sites for hydroxylation is 2. The van der Waals surface area contributed by atoms with Crippen LogP contribution in [0.5, 0.6) is 5.75 Å². The Morgan fingerprint density at radius 1 is 1.45 bits per heavy atom. The highest BCUT2D eigenvalue weighted by Gasteiger charge is 2.23. The second-order valence-electron chi connectivity index (χ2n) is 5.58. The molecule has 0 heterocycles. The highest BCUT2D eigenvalue weighted by molar-refractivity contribution is 5.82. The summed E-state index contributed by atoms with van der Waals surface area (Å²) < 4.78 is 5.58. The Hall–Kier alpha value is -2.11. The van der Waals surface area contributed by atoms with Crippen LogP contribution < -0.4 is 10.5 Å². The average molecular weight is 279 g/mol. The van der Waals surface area contributed by atoms with Crippen molar-refractivity contribution in [2.75, 3.05) is 6.61 Å². The van der Waals surface area contributed by atoms with Crippen LogP contribution in [0.3, 0.4) is 0 Å². The lowest BCUT2D eigenvalue weighted by Crippen LogP contribution is -2.32. The molecule has 0 aliphatic rings. The molecule has 0 unspecified atom stereocenters. The molecular formula is C14H21N3O3. The molecule has 0 aromatic heterocycles. The van der Waals surface area contributed by atoms with Crippen LogP contribution in [0, 0.1) is 34.8 Å². The zero-order valence-electron chi connectivity index (χ0n) is 12.3. The van der Waals surface area contributed by atoms with Crippen molar-refractivity contribution in [3.63, 3.8) is 0 Å². The number of nitro groups is 1. The van der Waals surface area contributed by atoms with E-state index in [-0.39, 0.29) is 18.1 Å². The normalized spacial score (nSPS) is 11.2. The Kier molecular flexibility index (Phi) is 4.70. The van der Waals surface area contributed by atoms with Crippen molar-refractivity contribution in [3.05, 3.63) is 33.4 Å². The molecule has 110 valence electrons. The lowest BCUT2D eigenvalue weighted by molar-refractivity contribution is -0.386. The first-order valence-corrected chi connectivity index (χ1v) is 6.38. The van der Waals surface area contributed by atoms with Crippen molar-refractivity contribution in [3.8, 4) is 5.75 Å². The Balaban J connectivity index is 2.88. The number of hydrogen-bond acceptors (Lipinski definition) is 4. The predicted molar refractivity (Wildman–Crippen MR) is 78.4 cm³/mol. The predicted octanol–water partition coefficient (Wildman–Crippen LogP) is 2.94. The summed E-state index contributed by atoms with van der Waals surface area (Å²) in [5.41, 5.74) is 6.55. The SMILES string of the molecule is Cc1cc(C)c(OCCC(C)(C)C(=N)N)c([N+](=O)[O-])c1. The minimum absolute atomic E-state index is 0.0249. The van der Waals surface area contributed by atoms with Gasteiger partial charge in [0.05, 0.1) is 17.4 Å². The first-order valence-electron chi connectivity index (χ1n) is 6.38. The van der Waals surface area contributed by atoms with Gasteiger partial charge in [-0.2, -0.15) is 0 Å². The number of hydrogen-bond donors (Lipinski definition) is 2. The third-order valence-corrected chi connectivity index (χ3v) is 3.30. The van der Waals surface area contributed by atoms with Crippen LogP contribution in [-0.2, 0) is 0 Å². The van der Waals surface area contributed by atoms with E-state index in [9.17, 15) is 10.1 Å². The third kappa shape index (κ3) is 3.69. The number of nitrogens with two attached hydrogens (primary N) is 1. The van der Waals surface area contributed by atoms with E-state index < -0.39 is 10.3 Å². The van der Waals surface area contributed by atoms with Gasteiger partial charge in [0.15, 0.2) is 5.75 Å². The van der Waals surface area contributed by atoms with Crippen molar-refractivity contribution in [2.24, 2.45) is 11.1 Å². The second kappa shape index (κ2) is 5.90. The summed E-state index contributed by atoms with van der Waals surface area (Å²) >= 11 is 0. The Labute approximate surface area is 118 Å². The van der Waals surface area contributed by atoms with Gasteiger partial charge in [0, 0.05) is 11.5 Å². The molecule has 6 nitrogen and oxygen atoms in total. The monoisotopic (exact) mass is 279 g/mol. The molecule has 1 aromatic carbocycles. The van der Waals surface area contributed by atoms with Crippen LogP contribution in [0.15, 0.2) is 12.1 Å². The van der Waals surface area contributed by atoms with Crippen LogP contribution >= 0.6 is 0 Å². The van der Waals surface area contributed by atoms with Gasteiger partial charge in [-0.15, -0.1) is 0 Å². The molecule has 0 aliphatic carbocycles. The van der Waals surface area contributed by atoms with Gasteiger partial charge >= 0.3 is 5.69 Å². The first kappa shape index (κ1) is 15.9. The van der Waals surface area contributed by atoms with E-state index in [1.54, 1.807) is 6.92 Å². The van der Waals surface area contributed by atoms with Crippen molar-refractivity contribution in [1.29, 1.82) is 5.41 Å². The average Bonchev–Trinajstić information content (AvgIpc) is 2.30. The van der Waals surface area contributed by atoms with Gasteiger partial charge < -0.3 is 10.5 Å². The van der Waals surface area contributed by atoms with E-state index in [1.807, 2.05) is 26.8 Å². The number of ether oxygens (including phenoxy) is 1. The van der Waals surface area contributed by atoms with E-state index in [0.717, 1.165) is 11.1 Å². The molecule has 0 saturated carbocycles. The molecular weight excluding hydrogens is 258 g/mol. The highest BCUT2D eigenvalue weighted by Crippen LogP contribution is 2.32. The molecule has 0 saturated heterocycles. The lowest BCUT2D eigenvalue weighted by atomic mass is 9.88. The quantitative estimate of drug-likeness (QED) is 0.361. The molecule has 0 spiro atoms. The minimum atomic E-state index is -0.479. The smallest absolute Gasteiger partial charge is 0.311 e. The molecule has 0 radical (unpaired) electrons. The van der Waals surface area contributed by atoms with Crippen molar-refractivity contribution >= 4 is 11.5 Å². The number of rotatable bonds is 6. The van der Waals surface area contributed by atoms with Gasteiger partial charge in [-0.3, -0.25) is 15.5 Å². The number of amidine groups is 1. The largest absolute Gasteiger partial charge is 0.487 e. The van der Waals surface area contributed by atoms with Crippen LogP contribution in [0.2, 0.25) is 0 Å². The van der Waals surface area contributed by atoms with Gasteiger partial charge in [-0.05, 0) is 31.4 Å². The second-order valence-corrected chi connectivity index (χ2v) is 5.58. The summed E-state index contributed by atoms with van der Waals surface area (Å²) in [7, 11) is 0. The Morgan fingerprint density at radius 3 is 2.55 bits per heavy atom. The molecule has 0 amide bonds.